The monoisotopic (exact) mass is 250 g/mol. The molecule has 0 aliphatic heterocycles. The SMILES string of the molecule is O=C(Nc1nccnc1Cl)c1ccc[nH]c1=O. The molecule has 17 heavy (non-hydrogen) atoms. The highest BCUT2D eigenvalue weighted by Gasteiger charge is 2.12. The minimum atomic E-state index is -0.589. The Morgan fingerprint density at radius 2 is 2.12 bits per heavy atom. The highest BCUT2D eigenvalue weighted by molar-refractivity contribution is 6.32. The number of aromatic nitrogens is 3. The smallest absolute Gasteiger partial charge is 0.262 e. The van der Waals surface area contributed by atoms with Crippen LogP contribution in [0.15, 0.2) is 35.5 Å². The summed E-state index contributed by atoms with van der Waals surface area (Å²) in [6, 6.07) is 2.95. The molecule has 0 aliphatic rings. The minimum Gasteiger partial charge on any atom is -0.328 e. The van der Waals surface area contributed by atoms with Crippen LogP contribution in [-0.4, -0.2) is 20.9 Å². The first-order valence-corrected chi connectivity index (χ1v) is 5.02. The molecule has 0 aliphatic carbocycles. The van der Waals surface area contributed by atoms with Crippen LogP contribution < -0.4 is 10.9 Å². The van der Waals surface area contributed by atoms with E-state index in [1.54, 1.807) is 6.07 Å². The molecule has 2 aromatic rings. The Morgan fingerprint density at radius 3 is 2.82 bits per heavy atom. The lowest BCUT2D eigenvalue weighted by atomic mass is 10.2. The van der Waals surface area contributed by atoms with Crippen LogP contribution in [0, 0.1) is 0 Å². The lowest BCUT2D eigenvalue weighted by Gasteiger charge is -2.03. The number of hydrogen-bond acceptors (Lipinski definition) is 4. The maximum absolute atomic E-state index is 11.7. The molecule has 86 valence electrons. The topological polar surface area (TPSA) is 87.7 Å². The van der Waals surface area contributed by atoms with Crippen molar-refractivity contribution in [2.75, 3.05) is 5.32 Å². The number of amides is 1. The number of rotatable bonds is 2. The van der Waals surface area contributed by atoms with Crippen LogP contribution in [0.2, 0.25) is 5.15 Å². The number of hydrogen-bond donors (Lipinski definition) is 2. The third kappa shape index (κ3) is 2.48. The van der Waals surface area contributed by atoms with E-state index in [9.17, 15) is 9.59 Å². The second kappa shape index (κ2) is 4.75. The zero-order valence-electron chi connectivity index (χ0n) is 8.48. The lowest BCUT2D eigenvalue weighted by molar-refractivity contribution is 0.102. The fourth-order valence-electron chi connectivity index (χ4n) is 1.18. The molecule has 1 amide bonds. The van der Waals surface area contributed by atoms with Crippen molar-refractivity contribution in [1.82, 2.24) is 15.0 Å². The van der Waals surface area contributed by atoms with Crippen molar-refractivity contribution in [3.63, 3.8) is 0 Å². The first kappa shape index (κ1) is 11.3. The predicted octanol–water partition coefficient (Wildman–Crippen LogP) is 1.07. The Labute approximate surface area is 101 Å². The van der Waals surface area contributed by atoms with E-state index in [-0.39, 0.29) is 16.5 Å². The molecular formula is C10H7ClN4O2. The Morgan fingerprint density at radius 1 is 1.35 bits per heavy atom. The van der Waals surface area contributed by atoms with Gasteiger partial charge in [-0.1, -0.05) is 11.6 Å². The number of nitrogens with one attached hydrogen (secondary N) is 2. The summed E-state index contributed by atoms with van der Waals surface area (Å²) >= 11 is 5.72. The van der Waals surface area contributed by atoms with Crippen LogP contribution in [0.5, 0.6) is 0 Å². The van der Waals surface area contributed by atoms with E-state index in [4.69, 9.17) is 11.6 Å². The molecule has 2 N–H and O–H groups in total. The number of aromatic amines is 1. The van der Waals surface area contributed by atoms with E-state index >= 15 is 0 Å². The zero-order chi connectivity index (χ0) is 12.3. The van der Waals surface area contributed by atoms with Gasteiger partial charge in [-0.15, -0.1) is 0 Å². The van der Waals surface area contributed by atoms with Gasteiger partial charge >= 0.3 is 0 Å². The molecule has 2 aromatic heterocycles. The largest absolute Gasteiger partial charge is 0.328 e. The Kier molecular flexibility index (Phi) is 3.15. The summed E-state index contributed by atoms with van der Waals surface area (Å²) < 4.78 is 0. The molecule has 2 heterocycles. The van der Waals surface area contributed by atoms with Crippen LogP contribution in [0.3, 0.4) is 0 Å². The Balaban J connectivity index is 2.27. The van der Waals surface area contributed by atoms with Crippen molar-refractivity contribution < 1.29 is 4.79 Å². The zero-order valence-corrected chi connectivity index (χ0v) is 9.23. The maximum Gasteiger partial charge on any atom is 0.262 e. The Bertz CT molecular complexity index is 611. The van der Waals surface area contributed by atoms with Gasteiger partial charge in [-0.25, -0.2) is 9.97 Å². The van der Waals surface area contributed by atoms with Gasteiger partial charge in [0.05, 0.1) is 0 Å². The van der Waals surface area contributed by atoms with Gasteiger partial charge in [-0.05, 0) is 12.1 Å². The third-order valence-corrected chi connectivity index (χ3v) is 2.22. The van der Waals surface area contributed by atoms with Crippen LogP contribution in [0.1, 0.15) is 10.4 Å². The van der Waals surface area contributed by atoms with Crippen LogP contribution in [-0.2, 0) is 0 Å². The summed E-state index contributed by atoms with van der Waals surface area (Å²) in [5.41, 5.74) is -0.501. The van der Waals surface area contributed by atoms with Crippen molar-refractivity contribution >= 4 is 23.3 Å². The van der Waals surface area contributed by atoms with Crippen LogP contribution in [0.4, 0.5) is 5.82 Å². The number of halogens is 1. The van der Waals surface area contributed by atoms with E-state index in [1.807, 2.05) is 0 Å². The maximum atomic E-state index is 11.7. The fraction of sp³-hybridized carbons (Fsp3) is 0. The first-order valence-electron chi connectivity index (χ1n) is 4.64. The van der Waals surface area contributed by atoms with Gasteiger partial charge in [0.15, 0.2) is 11.0 Å². The molecular weight excluding hydrogens is 244 g/mol. The molecule has 0 spiro atoms. The van der Waals surface area contributed by atoms with E-state index < -0.39 is 11.5 Å². The molecule has 0 unspecified atom stereocenters. The normalized spacial score (nSPS) is 9.94. The number of anilines is 1. The van der Waals surface area contributed by atoms with Gasteiger partial charge in [-0.3, -0.25) is 9.59 Å². The highest BCUT2D eigenvalue weighted by atomic mass is 35.5. The van der Waals surface area contributed by atoms with Crippen molar-refractivity contribution in [3.8, 4) is 0 Å². The van der Waals surface area contributed by atoms with E-state index in [2.05, 4.69) is 20.3 Å². The van der Waals surface area contributed by atoms with Crippen LogP contribution in [0.25, 0.3) is 0 Å². The minimum absolute atomic E-state index is 0.0192. The molecule has 0 saturated heterocycles. The van der Waals surface area contributed by atoms with E-state index in [0.29, 0.717) is 0 Å². The van der Waals surface area contributed by atoms with Crippen molar-refractivity contribution in [2.24, 2.45) is 0 Å². The van der Waals surface area contributed by atoms with Crippen molar-refractivity contribution in [3.05, 3.63) is 51.8 Å². The summed E-state index contributed by atoms with van der Waals surface area (Å²) in [7, 11) is 0. The van der Waals surface area contributed by atoms with Crippen molar-refractivity contribution in [2.45, 2.75) is 0 Å². The second-order valence-corrected chi connectivity index (χ2v) is 3.42. The van der Waals surface area contributed by atoms with Crippen molar-refractivity contribution in [1.29, 1.82) is 0 Å². The molecule has 0 aromatic carbocycles. The summed E-state index contributed by atoms with van der Waals surface area (Å²) in [5, 5.41) is 2.47. The highest BCUT2D eigenvalue weighted by Crippen LogP contribution is 2.14. The van der Waals surface area contributed by atoms with Gasteiger partial charge in [0.1, 0.15) is 5.56 Å². The predicted molar refractivity (Wildman–Crippen MR) is 62.1 cm³/mol. The molecule has 7 heteroatoms. The standard InChI is InChI=1S/C10H7ClN4O2/c11-7-8(13-5-4-12-7)15-10(17)6-2-1-3-14-9(6)16/h1-5H,(H,14,16)(H,13,15,17). The van der Waals surface area contributed by atoms with E-state index in [1.165, 1.54) is 24.7 Å². The molecule has 0 bridgehead atoms. The average Bonchev–Trinajstić information content (AvgIpc) is 2.32. The number of carbonyl (C=O) groups excluding carboxylic acids is 1. The summed E-state index contributed by atoms with van der Waals surface area (Å²) in [4.78, 5) is 33.1. The average molecular weight is 251 g/mol. The Hall–Kier alpha value is -2.21. The first-order chi connectivity index (χ1) is 8.18. The van der Waals surface area contributed by atoms with Gasteiger partial charge < -0.3 is 10.3 Å². The fourth-order valence-corrected chi connectivity index (χ4v) is 1.33. The summed E-state index contributed by atoms with van der Waals surface area (Å²) in [6.45, 7) is 0. The summed E-state index contributed by atoms with van der Waals surface area (Å²) in [6.07, 6.45) is 4.22. The van der Waals surface area contributed by atoms with Crippen LogP contribution >= 0.6 is 11.6 Å². The molecule has 6 nitrogen and oxygen atoms in total. The van der Waals surface area contributed by atoms with Gasteiger partial charge in [0, 0.05) is 18.6 Å². The van der Waals surface area contributed by atoms with Gasteiger partial charge in [-0.2, -0.15) is 0 Å². The quantitative estimate of drug-likeness (QED) is 0.835. The molecule has 2 rings (SSSR count). The van der Waals surface area contributed by atoms with E-state index in [0.717, 1.165) is 0 Å². The van der Waals surface area contributed by atoms with Gasteiger partial charge in [0.2, 0.25) is 0 Å². The van der Waals surface area contributed by atoms with Gasteiger partial charge in [0.25, 0.3) is 11.5 Å². The number of H-pyrrole nitrogens is 1. The summed E-state index contributed by atoms with van der Waals surface area (Å²) in [5.74, 6) is -0.475. The molecule has 0 fully saturated rings. The second-order valence-electron chi connectivity index (χ2n) is 3.06. The number of nitrogens with zero attached hydrogens (tertiary/aromatic N) is 2. The third-order valence-electron chi connectivity index (χ3n) is 1.95. The number of carbonyl (C=O) groups is 1. The molecule has 0 radical (unpaired) electrons. The molecule has 0 atom stereocenters. The number of pyridine rings is 1. The molecule has 0 saturated carbocycles. The lowest BCUT2D eigenvalue weighted by Crippen LogP contribution is -2.23.